The molecule has 0 amide bonds. The molecule has 0 radical (unpaired) electrons. The average Bonchev–Trinajstić information content (AvgIpc) is 2.90. The van der Waals surface area contributed by atoms with Gasteiger partial charge in [0.1, 0.15) is 5.76 Å². The minimum atomic E-state index is 0.119. The fraction of sp³-hybridized carbons (Fsp3) is 0.308. The maximum Gasteiger partial charge on any atom is 0.226 e. The van der Waals surface area contributed by atoms with Crippen molar-refractivity contribution in [1.29, 1.82) is 0 Å². The largest absolute Gasteiger partial charge is 0.439 e. The highest BCUT2D eigenvalue weighted by Gasteiger charge is 2.19. The van der Waals surface area contributed by atoms with Crippen molar-refractivity contribution in [1.82, 2.24) is 10.3 Å². The normalized spacial score (nSPS) is 20.4. The van der Waals surface area contributed by atoms with E-state index >= 15 is 0 Å². The summed E-state index contributed by atoms with van der Waals surface area (Å²) in [4.78, 5) is 4.30. The summed E-state index contributed by atoms with van der Waals surface area (Å²) >= 11 is 0. The lowest BCUT2D eigenvalue weighted by atomic mass is 10.2. The van der Waals surface area contributed by atoms with Gasteiger partial charge in [-0.1, -0.05) is 18.2 Å². The van der Waals surface area contributed by atoms with Crippen molar-refractivity contribution in [2.45, 2.75) is 6.04 Å². The van der Waals surface area contributed by atoms with Gasteiger partial charge in [0.15, 0.2) is 0 Å². The van der Waals surface area contributed by atoms with Crippen LogP contribution in [0.5, 0.6) is 0 Å². The van der Waals surface area contributed by atoms with Gasteiger partial charge in [0.2, 0.25) is 5.89 Å². The molecule has 1 aromatic heterocycles. The number of aromatic nitrogens is 1. The Morgan fingerprint density at radius 1 is 1.24 bits per heavy atom. The summed E-state index contributed by atoms with van der Waals surface area (Å²) in [5.41, 5.74) is 0.996. The van der Waals surface area contributed by atoms with Crippen LogP contribution >= 0.6 is 0 Å². The molecule has 1 aliphatic rings. The summed E-state index contributed by atoms with van der Waals surface area (Å²) in [5, 5.41) is 3.34. The molecule has 2 aromatic rings. The highest BCUT2D eigenvalue weighted by atomic mass is 16.5. The zero-order chi connectivity index (χ0) is 11.5. The summed E-state index contributed by atoms with van der Waals surface area (Å²) in [6.45, 7) is 2.26. The lowest BCUT2D eigenvalue weighted by Gasteiger charge is -2.21. The van der Waals surface area contributed by atoms with Crippen molar-refractivity contribution < 1.29 is 9.15 Å². The molecule has 4 nitrogen and oxygen atoms in total. The molecular formula is C13H14N2O2. The van der Waals surface area contributed by atoms with Crippen LogP contribution < -0.4 is 5.32 Å². The van der Waals surface area contributed by atoms with E-state index in [4.69, 9.17) is 9.15 Å². The zero-order valence-corrected chi connectivity index (χ0v) is 9.43. The van der Waals surface area contributed by atoms with Crippen LogP contribution in [-0.4, -0.2) is 24.7 Å². The van der Waals surface area contributed by atoms with Gasteiger partial charge in [-0.2, -0.15) is 0 Å². The van der Waals surface area contributed by atoms with Crippen molar-refractivity contribution in [3.05, 3.63) is 42.3 Å². The molecule has 1 fully saturated rings. The van der Waals surface area contributed by atoms with Gasteiger partial charge in [0, 0.05) is 12.1 Å². The van der Waals surface area contributed by atoms with Crippen LogP contribution in [0.2, 0.25) is 0 Å². The molecule has 1 aromatic carbocycles. The van der Waals surface area contributed by atoms with Crippen molar-refractivity contribution in [2.24, 2.45) is 0 Å². The van der Waals surface area contributed by atoms with Crippen molar-refractivity contribution >= 4 is 0 Å². The molecule has 1 aliphatic heterocycles. The number of hydrogen-bond acceptors (Lipinski definition) is 4. The first-order chi connectivity index (χ1) is 8.43. The standard InChI is InChI=1S/C13H14N2O2/c1-2-4-10(5-3-1)13-15-8-12(17-13)11-9-16-7-6-14-11/h1-5,8,11,14H,6-7,9H2. The molecule has 0 saturated carbocycles. The van der Waals surface area contributed by atoms with E-state index in [1.54, 1.807) is 6.20 Å². The van der Waals surface area contributed by atoms with Crippen molar-refractivity contribution in [3.8, 4) is 11.5 Å². The fourth-order valence-corrected chi connectivity index (χ4v) is 1.91. The Labute approximate surface area is 99.6 Å². The Morgan fingerprint density at radius 2 is 2.12 bits per heavy atom. The maximum atomic E-state index is 5.76. The third kappa shape index (κ3) is 2.23. The molecule has 0 aliphatic carbocycles. The number of morpholine rings is 1. The minimum Gasteiger partial charge on any atom is -0.439 e. The van der Waals surface area contributed by atoms with Crippen molar-refractivity contribution in [3.63, 3.8) is 0 Å². The zero-order valence-electron chi connectivity index (χ0n) is 9.43. The second kappa shape index (κ2) is 4.69. The number of benzene rings is 1. The Hall–Kier alpha value is -1.65. The number of nitrogens with one attached hydrogen (secondary N) is 1. The van der Waals surface area contributed by atoms with E-state index in [-0.39, 0.29) is 6.04 Å². The summed E-state index contributed by atoms with van der Waals surface area (Å²) in [7, 11) is 0. The quantitative estimate of drug-likeness (QED) is 0.857. The molecule has 17 heavy (non-hydrogen) atoms. The van der Waals surface area contributed by atoms with Crippen LogP contribution in [0.25, 0.3) is 11.5 Å². The number of nitrogens with zero attached hydrogens (tertiary/aromatic N) is 1. The van der Waals surface area contributed by atoms with Crippen LogP contribution in [-0.2, 0) is 4.74 Å². The highest BCUT2D eigenvalue weighted by Crippen LogP contribution is 2.23. The van der Waals surface area contributed by atoms with Gasteiger partial charge in [0.05, 0.1) is 25.5 Å². The second-order valence-corrected chi connectivity index (χ2v) is 4.02. The Morgan fingerprint density at radius 3 is 2.88 bits per heavy atom. The van der Waals surface area contributed by atoms with Gasteiger partial charge < -0.3 is 14.5 Å². The van der Waals surface area contributed by atoms with Gasteiger partial charge in [-0.05, 0) is 12.1 Å². The molecule has 0 spiro atoms. The van der Waals surface area contributed by atoms with Gasteiger partial charge in [-0.25, -0.2) is 4.98 Å². The molecule has 1 unspecified atom stereocenters. The van der Waals surface area contributed by atoms with Gasteiger partial charge in [-0.3, -0.25) is 0 Å². The second-order valence-electron chi connectivity index (χ2n) is 4.02. The molecule has 1 saturated heterocycles. The third-order valence-corrected chi connectivity index (χ3v) is 2.81. The maximum absolute atomic E-state index is 5.76. The lowest BCUT2D eigenvalue weighted by Crippen LogP contribution is -2.34. The van der Waals surface area contributed by atoms with Gasteiger partial charge >= 0.3 is 0 Å². The van der Waals surface area contributed by atoms with Gasteiger partial charge in [-0.15, -0.1) is 0 Å². The molecule has 88 valence electrons. The Balaban J connectivity index is 1.83. The summed E-state index contributed by atoms with van der Waals surface area (Å²) in [5.74, 6) is 1.50. The fourth-order valence-electron chi connectivity index (χ4n) is 1.91. The van der Waals surface area contributed by atoms with Crippen molar-refractivity contribution in [2.75, 3.05) is 19.8 Å². The molecule has 2 heterocycles. The van der Waals surface area contributed by atoms with Gasteiger partial charge in [0.25, 0.3) is 0 Å². The Kier molecular flexibility index (Phi) is 2.90. The first-order valence-corrected chi connectivity index (χ1v) is 5.76. The third-order valence-electron chi connectivity index (χ3n) is 2.81. The number of hydrogen-bond donors (Lipinski definition) is 1. The van der Waals surface area contributed by atoms with Crippen LogP contribution in [0.3, 0.4) is 0 Å². The van der Waals surface area contributed by atoms with E-state index < -0.39 is 0 Å². The molecule has 4 heteroatoms. The minimum absolute atomic E-state index is 0.119. The predicted molar refractivity (Wildman–Crippen MR) is 63.5 cm³/mol. The predicted octanol–water partition coefficient (Wildman–Crippen LogP) is 2.00. The average molecular weight is 230 g/mol. The Bertz CT molecular complexity index is 475. The number of oxazole rings is 1. The summed E-state index contributed by atoms with van der Waals surface area (Å²) in [6.07, 6.45) is 1.77. The smallest absolute Gasteiger partial charge is 0.226 e. The van der Waals surface area contributed by atoms with E-state index in [9.17, 15) is 0 Å². The molecule has 0 bridgehead atoms. The van der Waals surface area contributed by atoms with Crippen LogP contribution in [0.4, 0.5) is 0 Å². The summed E-state index contributed by atoms with van der Waals surface area (Å²) in [6, 6.07) is 10.0. The topological polar surface area (TPSA) is 47.3 Å². The van der Waals surface area contributed by atoms with E-state index in [2.05, 4.69) is 10.3 Å². The first kappa shape index (κ1) is 10.5. The lowest BCUT2D eigenvalue weighted by molar-refractivity contribution is 0.0701. The SMILES string of the molecule is c1ccc(-c2ncc(C3COCCN3)o2)cc1. The molecule has 3 rings (SSSR count). The number of rotatable bonds is 2. The molecule has 1 N–H and O–H groups in total. The first-order valence-electron chi connectivity index (χ1n) is 5.76. The van der Waals surface area contributed by atoms with E-state index in [0.717, 1.165) is 24.5 Å². The van der Waals surface area contributed by atoms with Crippen LogP contribution in [0.1, 0.15) is 11.8 Å². The number of ether oxygens (including phenoxy) is 1. The van der Waals surface area contributed by atoms with E-state index in [1.165, 1.54) is 0 Å². The summed E-state index contributed by atoms with van der Waals surface area (Å²) < 4.78 is 11.2. The monoisotopic (exact) mass is 230 g/mol. The molecule has 1 atom stereocenters. The van der Waals surface area contributed by atoms with E-state index in [0.29, 0.717) is 12.5 Å². The van der Waals surface area contributed by atoms with E-state index in [1.807, 2.05) is 30.3 Å². The van der Waals surface area contributed by atoms with Crippen LogP contribution in [0, 0.1) is 0 Å². The van der Waals surface area contributed by atoms with Crippen LogP contribution in [0.15, 0.2) is 40.9 Å². The highest BCUT2D eigenvalue weighted by molar-refractivity contribution is 5.52. The molecular weight excluding hydrogens is 216 g/mol.